The molecule has 4 heteroatoms. The van der Waals surface area contributed by atoms with Gasteiger partial charge in [0.25, 0.3) is 0 Å². The van der Waals surface area contributed by atoms with E-state index in [0.717, 1.165) is 43.7 Å². The predicted molar refractivity (Wildman–Crippen MR) is 74.7 cm³/mol. The zero-order valence-corrected chi connectivity index (χ0v) is 11.3. The van der Waals surface area contributed by atoms with Crippen LogP contribution in [0.4, 0.5) is 5.69 Å². The average Bonchev–Trinajstić information content (AvgIpc) is 3.22. The van der Waals surface area contributed by atoms with Crippen molar-refractivity contribution in [2.45, 2.75) is 31.7 Å². The minimum absolute atomic E-state index is 0.126. The minimum atomic E-state index is 0.126. The summed E-state index contributed by atoms with van der Waals surface area (Å²) >= 11 is 0. The Hall–Kier alpha value is -1.71. The van der Waals surface area contributed by atoms with Gasteiger partial charge < -0.3 is 15.0 Å². The second-order valence-electron chi connectivity index (χ2n) is 5.33. The van der Waals surface area contributed by atoms with Gasteiger partial charge >= 0.3 is 0 Å². The van der Waals surface area contributed by atoms with Crippen LogP contribution in [-0.4, -0.2) is 32.1 Å². The first kappa shape index (κ1) is 12.3. The van der Waals surface area contributed by atoms with Crippen molar-refractivity contribution in [3.05, 3.63) is 23.8 Å². The van der Waals surface area contributed by atoms with Gasteiger partial charge in [0.2, 0.25) is 5.91 Å². The van der Waals surface area contributed by atoms with E-state index < -0.39 is 0 Å². The lowest BCUT2D eigenvalue weighted by Gasteiger charge is -2.32. The summed E-state index contributed by atoms with van der Waals surface area (Å²) in [5.41, 5.74) is 2.38. The zero-order chi connectivity index (χ0) is 13.2. The molecule has 1 aliphatic carbocycles. The highest BCUT2D eigenvalue weighted by Crippen LogP contribution is 2.35. The Bertz CT molecular complexity index is 469. The summed E-state index contributed by atoms with van der Waals surface area (Å²) in [6.07, 6.45) is 4.42. The average molecular weight is 260 g/mol. The Balaban J connectivity index is 1.78. The second kappa shape index (κ2) is 5.11. The summed E-state index contributed by atoms with van der Waals surface area (Å²) in [5.74, 6) is 0.998. The predicted octanol–water partition coefficient (Wildman–Crippen LogP) is 1.73. The number of ether oxygens (including phenoxy) is 1. The van der Waals surface area contributed by atoms with Gasteiger partial charge in [0.05, 0.1) is 19.3 Å². The van der Waals surface area contributed by atoms with Crippen molar-refractivity contribution >= 4 is 11.6 Å². The van der Waals surface area contributed by atoms with Crippen molar-refractivity contribution in [1.82, 2.24) is 5.32 Å². The molecule has 0 aromatic heterocycles. The molecule has 1 heterocycles. The number of fused-ring (bicyclic) bond motifs is 1. The van der Waals surface area contributed by atoms with Crippen molar-refractivity contribution < 1.29 is 9.53 Å². The number of nitrogens with zero attached hydrogens (tertiary/aromatic N) is 1. The summed E-state index contributed by atoms with van der Waals surface area (Å²) in [6.45, 7) is 1.36. The van der Waals surface area contributed by atoms with Crippen LogP contribution in [0.25, 0.3) is 0 Å². The number of anilines is 1. The molecule has 0 unspecified atom stereocenters. The van der Waals surface area contributed by atoms with E-state index in [9.17, 15) is 4.79 Å². The number of aryl methyl sites for hydroxylation is 1. The van der Waals surface area contributed by atoms with Crippen LogP contribution < -0.4 is 15.0 Å². The number of nitrogens with one attached hydrogen (secondary N) is 1. The van der Waals surface area contributed by atoms with E-state index in [1.165, 1.54) is 5.56 Å². The smallest absolute Gasteiger partial charge is 0.239 e. The maximum atomic E-state index is 12.0. The lowest BCUT2D eigenvalue weighted by atomic mass is 10.0. The first-order valence-corrected chi connectivity index (χ1v) is 6.98. The van der Waals surface area contributed by atoms with Crippen LogP contribution in [0.2, 0.25) is 0 Å². The molecular formula is C15H20N2O2. The van der Waals surface area contributed by atoms with Gasteiger partial charge in [-0.05, 0) is 37.3 Å². The van der Waals surface area contributed by atoms with Crippen molar-refractivity contribution in [1.29, 1.82) is 0 Å². The fourth-order valence-electron chi connectivity index (χ4n) is 2.70. The number of hydrogen-bond donors (Lipinski definition) is 1. The molecule has 0 radical (unpaired) electrons. The SMILES string of the molecule is COc1cccc2c1N(CC(=O)NC1CC1)CCC2. The monoisotopic (exact) mass is 260 g/mol. The lowest BCUT2D eigenvalue weighted by Crippen LogP contribution is -2.40. The summed E-state index contributed by atoms with van der Waals surface area (Å²) in [5, 5.41) is 3.05. The summed E-state index contributed by atoms with van der Waals surface area (Å²) in [4.78, 5) is 14.1. The molecule has 0 saturated heterocycles. The van der Waals surface area contributed by atoms with E-state index in [1.54, 1.807) is 7.11 Å². The Morgan fingerprint density at radius 1 is 1.47 bits per heavy atom. The molecule has 0 atom stereocenters. The largest absolute Gasteiger partial charge is 0.495 e. The van der Waals surface area contributed by atoms with Crippen LogP contribution >= 0.6 is 0 Å². The number of benzene rings is 1. The first-order valence-electron chi connectivity index (χ1n) is 6.98. The molecule has 1 amide bonds. The Morgan fingerprint density at radius 2 is 2.32 bits per heavy atom. The van der Waals surface area contributed by atoms with Gasteiger partial charge in [-0.1, -0.05) is 12.1 Å². The zero-order valence-electron chi connectivity index (χ0n) is 11.3. The first-order chi connectivity index (χ1) is 9.28. The molecule has 4 nitrogen and oxygen atoms in total. The Morgan fingerprint density at radius 3 is 3.05 bits per heavy atom. The number of hydrogen-bond acceptors (Lipinski definition) is 3. The molecule has 1 N–H and O–H groups in total. The number of methoxy groups -OCH3 is 1. The molecular weight excluding hydrogens is 240 g/mol. The molecule has 3 rings (SSSR count). The molecule has 102 valence electrons. The quantitative estimate of drug-likeness (QED) is 0.896. The normalized spacial score (nSPS) is 17.8. The fourth-order valence-corrected chi connectivity index (χ4v) is 2.70. The standard InChI is InChI=1S/C15H20N2O2/c1-19-13-6-2-4-11-5-3-9-17(15(11)13)10-14(18)16-12-7-8-12/h2,4,6,12H,3,5,7-10H2,1H3,(H,16,18). The molecule has 2 aliphatic rings. The number of rotatable bonds is 4. The fraction of sp³-hybridized carbons (Fsp3) is 0.533. The molecule has 19 heavy (non-hydrogen) atoms. The van der Waals surface area contributed by atoms with Crippen LogP contribution in [0.3, 0.4) is 0 Å². The molecule has 1 saturated carbocycles. The number of para-hydroxylation sites is 1. The van der Waals surface area contributed by atoms with Gasteiger partial charge in [-0.15, -0.1) is 0 Å². The Kier molecular flexibility index (Phi) is 3.32. The van der Waals surface area contributed by atoms with Crippen molar-refractivity contribution in [3.8, 4) is 5.75 Å². The van der Waals surface area contributed by atoms with Crippen LogP contribution in [-0.2, 0) is 11.2 Å². The number of amides is 1. The maximum absolute atomic E-state index is 12.0. The highest BCUT2D eigenvalue weighted by Gasteiger charge is 2.26. The summed E-state index contributed by atoms with van der Waals surface area (Å²) in [6, 6.07) is 6.54. The van der Waals surface area contributed by atoms with Crippen LogP contribution in [0.1, 0.15) is 24.8 Å². The van der Waals surface area contributed by atoms with Crippen LogP contribution in [0.5, 0.6) is 5.75 Å². The van der Waals surface area contributed by atoms with E-state index in [1.807, 2.05) is 12.1 Å². The van der Waals surface area contributed by atoms with Gasteiger partial charge in [-0.3, -0.25) is 4.79 Å². The number of carbonyl (C=O) groups is 1. The van der Waals surface area contributed by atoms with E-state index in [4.69, 9.17) is 4.74 Å². The molecule has 1 fully saturated rings. The third-order valence-electron chi connectivity index (χ3n) is 3.77. The van der Waals surface area contributed by atoms with E-state index in [-0.39, 0.29) is 5.91 Å². The van der Waals surface area contributed by atoms with Crippen molar-refractivity contribution in [2.75, 3.05) is 25.1 Å². The lowest BCUT2D eigenvalue weighted by molar-refractivity contribution is -0.119. The van der Waals surface area contributed by atoms with Crippen molar-refractivity contribution in [3.63, 3.8) is 0 Å². The Labute approximate surface area is 113 Å². The summed E-state index contributed by atoms with van der Waals surface area (Å²) < 4.78 is 5.44. The molecule has 0 spiro atoms. The van der Waals surface area contributed by atoms with E-state index >= 15 is 0 Å². The van der Waals surface area contributed by atoms with Gasteiger partial charge in [-0.25, -0.2) is 0 Å². The van der Waals surface area contributed by atoms with Crippen LogP contribution in [0, 0.1) is 0 Å². The minimum Gasteiger partial charge on any atom is -0.495 e. The highest BCUT2D eigenvalue weighted by molar-refractivity contribution is 5.83. The van der Waals surface area contributed by atoms with Gasteiger partial charge in [-0.2, -0.15) is 0 Å². The highest BCUT2D eigenvalue weighted by atomic mass is 16.5. The molecule has 0 bridgehead atoms. The maximum Gasteiger partial charge on any atom is 0.239 e. The third-order valence-corrected chi connectivity index (χ3v) is 3.77. The van der Waals surface area contributed by atoms with Gasteiger partial charge in [0.15, 0.2) is 0 Å². The molecule has 1 aromatic carbocycles. The van der Waals surface area contributed by atoms with Gasteiger partial charge in [0.1, 0.15) is 5.75 Å². The van der Waals surface area contributed by atoms with Crippen LogP contribution in [0.15, 0.2) is 18.2 Å². The second-order valence-corrected chi connectivity index (χ2v) is 5.33. The van der Waals surface area contributed by atoms with E-state index in [2.05, 4.69) is 16.3 Å². The van der Waals surface area contributed by atoms with E-state index in [0.29, 0.717) is 12.6 Å². The van der Waals surface area contributed by atoms with Gasteiger partial charge in [0, 0.05) is 12.6 Å². The van der Waals surface area contributed by atoms with Crippen molar-refractivity contribution in [2.24, 2.45) is 0 Å². The number of carbonyl (C=O) groups excluding carboxylic acids is 1. The summed E-state index contributed by atoms with van der Waals surface area (Å²) in [7, 11) is 1.69. The molecule has 1 aromatic rings. The molecule has 1 aliphatic heterocycles. The topological polar surface area (TPSA) is 41.6 Å². The third kappa shape index (κ3) is 2.67.